The highest BCUT2D eigenvalue weighted by Gasteiger charge is 2.23. The van der Waals surface area contributed by atoms with Crippen molar-refractivity contribution >= 4 is 45.9 Å². The Morgan fingerprint density at radius 3 is 2.08 bits per heavy atom. The van der Waals surface area contributed by atoms with E-state index in [1.165, 1.54) is 0 Å². The summed E-state index contributed by atoms with van der Waals surface area (Å²) in [6.45, 7) is 11.8. The highest BCUT2D eigenvalue weighted by molar-refractivity contribution is 14.0. The van der Waals surface area contributed by atoms with E-state index in [1.54, 1.807) is 30.7 Å². The lowest BCUT2D eigenvalue weighted by Gasteiger charge is -2.27. The Kier molecular flexibility index (Phi) is 12.7. The largest absolute Gasteiger partial charge is 0.357 e. The molecule has 0 saturated heterocycles. The molecule has 10 heteroatoms. The number of halogens is 1. The van der Waals surface area contributed by atoms with Gasteiger partial charge >= 0.3 is 0 Å². The van der Waals surface area contributed by atoms with Gasteiger partial charge in [0.2, 0.25) is 15.9 Å². The average molecular weight is 491 g/mol. The summed E-state index contributed by atoms with van der Waals surface area (Å²) < 4.78 is 25.4. The lowest BCUT2D eigenvalue weighted by molar-refractivity contribution is -0.131. The van der Waals surface area contributed by atoms with Gasteiger partial charge in [0.25, 0.3) is 0 Å². The number of nitrogens with zero attached hydrogens (tertiary/aromatic N) is 3. The summed E-state index contributed by atoms with van der Waals surface area (Å²) in [6.07, 6.45) is 1.12. The van der Waals surface area contributed by atoms with E-state index in [0.29, 0.717) is 25.6 Å². The van der Waals surface area contributed by atoms with E-state index >= 15 is 0 Å². The van der Waals surface area contributed by atoms with Gasteiger partial charge in [-0.3, -0.25) is 9.79 Å². The summed E-state index contributed by atoms with van der Waals surface area (Å²) in [5.41, 5.74) is -0.710. The molecule has 0 aliphatic rings. The standard InChI is InChI=1S/C15H33N5O3S.HI/c1-8-16-14(17-12-15(4,5)18-24(7,22)23)19(6)11-13(21)20(9-2)10-3;/h18H,8-12H2,1-7H3,(H,16,17);1H. The van der Waals surface area contributed by atoms with Crippen molar-refractivity contribution in [1.82, 2.24) is 19.8 Å². The zero-order valence-electron chi connectivity index (χ0n) is 16.4. The molecule has 0 aromatic heterocycles. The quantitative estimate of drug-likeness (QED) is 0.281. The van der Waals surface area contributed by atoms with Crippen LogP contribution in [0.2, 0.25) is 0 Å². The molecular weight excluding hydrogens is 457 g/mol. The van der Waals surface area contributed by atoms with Gasteiger partial charge in [-0.05, 0) is 34.6 Å². The topological polar surface area (TPSA) is 94.1 Å². The van der Waals surface area contributed by atoms with E-state index in [0.717, 1.165) is 6.26 Å². The number of carbonyl (C=O) groups excluding carboxylic acids is 1. The SMILES string of the molecule is CCNC(=NCC(C)(C)NS(C)(=O)=O)N(C)CC(=O)N(CC)CC.I. The van der Waals surface area contributed by atoms with Crippen molar-refractivity contribution in [2.75, 3.05) is 46.0 Å². The zero-order valence-corrected chi connectivity index (χ0v) is 19.6. The number of hydrogen-bond acceptors (Lipinski definition) is 4. The van der Waals surface area contributed by atoms with Crippen LogP contribution in [0.3, 0.4) is 0 Å². The van der Waals surface area contributed by atoms with Gasteiger partial charge in [0.05, 0.1) is 19.3 Å². The maximum Gasteiger partial charge on any atom is 0.242 e. The Labute approximate surface area is 169 Å². The number of guanidine groups is 1. The van der Waals surface area contributed by atoms with Crippen LogP contribution in [0.15, 0.2) is 4.99 Å². The Hall–Kier alpha value is -0.620. The molecule has 150 valence electrons. The molecule has 1 amide bonds. The van der Waals surface area contributed by atoms with Crippen molar-refractivity contribution < 1.29 is 13.2 Å². The second kappa shape index (κ2) is 11.9. The molecule has 0 unspecified atom stereocenters. The molecule has 0 radical (unpaired) electrons. The number of hydrogen-bond donors (Lipinski definition) is 2. The Balaban J connectivity index is 0. The minimum Gasteiger partial charge on any atom is -0.357 e. The first-order chi connectivity index (χ1) is 11.0. The van der Waals surface area contributed by atoms with E-state index in [4.69, 9.17) is 0 Å². The molecule has 25 heavy (non-hydrogen) atoms. The van der Waals surface area contributed by atoms with Gasteiger partial charge < -0.3 is 15.1 Å². The Morgan fingerprint density at radius 1 is 1.16 bits per heavy atom. The number of carbonyl (C=O) groups is 1. The maximum atomic E-state index is 12.2. The van der Waals surface area contributed by atoms with Gasteiger partial charge in [0, 0.05) is 32.2 Å². The normalized spacial score (nSPS) is 12.4. The Morgan fingerprint density at radius 2 is 1.68 bits per heavy atom. The van der Waals surface area contributed by atoms with Crippen LogP contribution in [-0.4, -0.2) is 81.7 Å². The van der Waals surface area contributed by atoms with E-state index in [-0.39, 0.29) is 43.0 Å². The summed E-state index contributed by atoms with van der Waals surface area (Å²) in [7, 11) is -1.52. The van der Waals surface area contributed by atoms with Crippen molar-refractivity contribution in [3.8, 4) is 0 Å². The smallest absolute Gasteiger partial charge is 0.242 e. The third-order valence-electron chi connectivity index (χ3n) is 3.27. The van der Waals surface area contributed by atoms with Crippen LogP contribution in [0.25, 0.3) is 0 Å². The molecule has 0 atom stereocenters. The van der Waals surface area contributed by atoms with Crippen LogP contribution >= 0.6 is 24.0 Å². The summed E-state index contributed by atoms with van der Waals surface area (Å²) >= 11 is 0. The molecular formula is C15H34IN5O3S. The molecule has 0 bridgehead atoms. The molecule has 0 aromatic carbocycles. The monoisotopic (exact) mass is 491 g/mol. The van der Waals surface area contributed by atoms with Crippen LogP contribution in [0.5, 0.6) is 0 Å². The van der Waals surface area contributed by atoms with Crippen LogP contribution in [0, 0.1) is 0 Å². The predicted octanol–water partition coefficient (Wildman–Crippen LogP) is 0.698. The van der Waals surface area contributed by atoms with E-state index in [9.17, 15) is 13.2 Å². The first-order valence-electron chi connectivity index (χ1n) is 8.21. The molecule has 0 spiro atoms. The van der Waals surface area contributed by atoms with Gasteiger partial charge in [-0.25, -0.2) is 13.1 Å². The fourth-order valence-corrected chi connectivity index (χ4v) is 3.30. The molecule has 0 saturated carbocycles. The number of likely N-dealkylation sites (N-methyl/N-ethyl adjacent to an activating group) is 2. The summed E-state index contributed by atoms with van der Waals surface area (Å²) in [4.78, 5) is 20.2. The fraction of sp³-hybridized carbons (Fsp3) is 0.867. The molecule has 8 nitrogen and oxygen atoms in total. The van der Waals surface area contributed by atoms with E-state index in [2.05, 4.69) is 15.0 Å². The summed E-state index contributed by atoms with van der Waals surface area (Å²) in [6, 6.07) is 0. The minimum atomic E-state index is -3.31. The number of nitrogens with one attached hydrogen (secondary N) is 2. The maximum absolute atomic E-state index is 12.2. The van der Waals surface area contributed by atoms with Crippen molar-refractivity contribution in [3.63, 3.8) is 0 Å². The second-order valence-electron chi connectivity index (χ2n) is 6.35. The van der Waals surface area contributed by atoms with Crippen LogP contribution in [0.4, 0.5) is 0 Å². The Bertz CT molecular complexity index is 533. The minimum absolute atomic E-state index is 0. The molecule has 2 N–H and O–H groups in total. The zero-order chi connectivity index (χ0) is 19.0. The number of sulfonamides is 1. The molecule has 0 fully saturated rings. The summed E-state index contributed by atoms with van der Waals surface area (Å²) in [5.74, 6) is 0.600. The number of aliphatic imine (C=N–C) groups is 1. The third kappa shape index (κ3) is 11.6. The van der Waals surface area contributed by atoms with E-state index in [1.807, 2.05) is 20.8 Å². The lowest BCUT2D eigenvalue weighted by Crippen LogP contribution is -2.48. The first-order valence-corrected chi connectivity index (χ1v) is 10.1. The highest BCUT2D eigenvalue weighted by Crippen LogP contribution is 2.05. The highest BCUT2D eigenvalue weighted by atomic mass is 127. The average Bonchev–Trinajstić information content (AvgIpc) is 2.41. The van der Waals surface area contributed by atoms with Crippen LogP contribution in [-0.2, 0) is 14.8 Å². The number of rotatable bonds is 9. The van der Waals surface area contributed by atoms with Crippen LogP contribution < -0.4 is 10.0 Å². The first kappa shape index (κ1) is 26.6. The van der Waals surface area contributed by atoms with Gasteiger partial charge in [0.15, 0.2) is 5.96 Å². The van der Waals surface area contributed by atoms with Gasteiger partial charge in [-0.2, -0.15) is 0 Å². The van der Waals surface area contributed by atoms with Crippen molar-refractivity contribution in [1.29, 1.82) is 0 Å². The molecule has 0 heterocycles. The second-order valence-corrected chi connectivity index (χ2v) is 8.10. The van der Waals surface area contributed by atoms with Crippen LogP contribution in [0.1, 0.15) is 34.6 Å². The molecule has 0 aromatic rings. The fourth-order valence-electron chi connectivity index (χ4n) is 2.23. The summed E-state index contributed by atoms with van der Waals surface area (Å²) in [5, 5.41) is 3.13. The van der Waals surface area contributed by atoms with Gasteiger partial charge in [-0.1, -0.05) is 0 Å². The van der Waals surface area contributed by atoms with Crippen molar-refractivity contribution in [2.45, 2.75) is 40.2 Å². The molecule has 0 rings (SSSR count). The van der Waals surface area contributed by atoms with Crippen molar-refractivity contribution in [3.05, 3.63) is 0 Å². The van der Waals surface area contributed by atoms with Gasteiger partial charge in [0.1, 0.15) is 0 Å². The third-order valence-corrected chi connectivity index (χ3v) is 4.19. The van der Waals surface area contributed by atoms with E-state index < -0.39 is 15.6 Å². The molecule has 0 aliphatic carbocycles. The van der Waals surface area contributed by atoms with Gasteiger partial charge in [-0.15, -0.1) is 24.0 Å². The predicted molar refractivity (Wildman–Crippen MR) is 114 cm³/mol. The lowest BCUT2D eigenvalue weighted by atomic mass is 10.1. The van der Waals surface area contributed by atoms with Crippen molar-refractivity contribution in [2.24, 2.45) is 4.99 Å². The number of amides is 1. The molecule has 0 aliphatic heterocycles.